The van der Waals surface area contributed by atoms with Crippen LogP contribution in [0.3, 0.4) is 0 Å². The van der Waals surface area contributed by atoms with Crippen molar-refractivity contribution in [1.29, 1.82) is 0 Å². The summed E-state index contributed by atoms with van der Waals surface area (Å²) in [5.41, 5.74) is 0.782. The Bertz CT molecular complexity index is 1550. The highest BCUT2D eigenvalue weighted by Crippen LogP contribution is 2.46. The predicted molar refractivity (Wildman–Crippen MR) is 178 cm³/mol. The van der Waals surface area contributed by atoms with Crippen molar-refractivity contribution in [3.63, 3.8) is 0 Å². The molecule has 4 rings (SSSR count). The van der Waals surface area contributed by atoms with Crippen LogP contribution in [0, 0.1) is 0 Å². The van der Waals surface area contributed by atoms with Gasteiger partial charge in [-0.1, -0.05) is 54.4 Å². The average molecular weight is 733 g/mol. The Balaban J connectivity index is 1.78. The van der Waals surface area contributed by atoms with Crippen LogP contribution in [0.15, 0.2) is 41.4 Å². The topological polar surface area (TPSA) is 201 Å². The van der Waals surface area contributed by atoms with Crippen molar-refractivity contribution >= 4 is 47.5 Å². The summed E-state index contributed by atoms with van der Waals surface area (Å²) in [4.78, 5) is 75.4. The van der Waals surface area contributed by atoms with E-state index in [-0.39, 0.29) is 18.9 Å². The van der Waals surface area contributed by atoms with E-state index >= 15 is 0 Å². The van der Waals surface area contributed by atoms with Gasteiger partial charge in [-0.15, -0.1) is 5.10 Å². The quantitative estimate of drug-likeness (QED) is 0.219. The minimum Gasteiger partial charge on any atom is -0.466 e. The molecule has 2 unspecified atom stereocenters. The fraction of sp³-hybridized carbons (Fsp3) is 0.588. The molecule has 1 saturated carbocycles. The van der Waals surface area contributed by atoms with Crippen molar-refractivity contribution < 1.29 is 57.2 Å². The van der Waals surface area contributed by atoms with Crippen molar-refractivity contribution in [2.24, 2.45) is 0 Å². The van der Waals surface area contributed by atoms with Gasteiger partial charge in [0.05, 0.1) is 18.8 Å². The molecule has 1 aromatic heterocycles. The zero-order valence-electron chi connectivity index (χ0n) is 29.2. The zero-order chi connectivity index (χ0) is 37.1. The van der Waals surface area contributed by atoms with Gasteiger partial charge in [0.2, 0.25) is 10.8 Å². The van der Waals surface area contributed by atoms with Gasteiger partial charge in [-0.3, -0.25) is 24.0 Å². The van der Waals surface area contributed by atoms with Crippen LogP contribution in [-0.2, 0) is 63.7 Å². The molecule has 278 valence electrons. The predicted octanol–water partition coefficient (Wildman–Crippen LogP) is 2.62. The molecule has 1 saturated heterocycles. The zero-order valence-corrected chi connectivity index (χ0v) is 30.1. The van der Waals surface area contributed by atoms with Crippen LogP contribution in [0.25, 0.3) is 0 Å². The summed E-state index contributed by atoms with van der Waals surface area (Å²) in [6.07, 6.45) is 0.692. The van der Waals surface area contributed by atoms with Crippen molar-refractivity contribution in [2.75, 3.05) is 13.7 Å². The van der Waals surface area contributed by atoms with Gasteiger partial charge in [0.25, 0.3) is 0 Å². The SMILES string of the molecule is COC(=O)C1(Sc2ccccc2)C[C@H](OC(C)=O)[C@@H](NC(=O)Cn2cc(C3CCCCC3)nn2)C([C@H](OC(C)=O)[C@@H](COC(C)=O)OC(C)=O)O1. The lowest BCUT2D eigenvalue weighted by molar-refractivity contribution is -0.224. The van der Waals surface area contributed by atoms with Crippen LogP contribution in [0.1, 0.15) is 77.8 Å². The number of thioether (sulfide) groups is 1. The number of hydrogen-bond acceptors (Lipinski definition) is 15. The molecule has 2 aliphatic rings. The number of aromatic nitrogens is 3. The average Bonchev–Trinajstić information content (AvgIpc) is 3.55. The van der Waals surface area contributed by atoms with Crippen LogP contribution in [0.5, 0.6) is 0 Å². The number of ether oxygens (including phenoxy) is 6. The van der Waals surface area contributed by atoms with E-state index in [2.05, 4.69) is 15.6 Å². The maximum absolute atomic E-state index is 13.7. The van der Waals surface area contributed by atoms with Crippen LogP contribution in [0.4, 0.5) is 0 Å². The first-order chi connectivity index (χ1) is 24.3. The molecule has 1 N–H and O–H groups in total. The van der Waals surface area contributed by atoms with E-state index in [9.17, 15) is 28.8 Å². The second kappa shape index (κ2) is 18.1. The van der Waals surface area contributed by atoms with E-state index in [4.69, 9.17) is 28.4 Å². The third-order valence-corrected chi connectivity index (χ3v) is 9.63. The van der Waals surface area contributed by atoms with E-state index in [1.54, 1.807) is 36.5 Å². The standard InChI is InChI=1S/C34H44N4O12S/c1-20(39)46-19-28(48-22(3)41)31(49-23(4)42)32-30(35-29(43)18-38-17-26(36-37-38)24-12-8-6-9-13-24)27(47-21(2)40)16-34(50-32,33(44)45-5)51-25-14-10-7-11-15-25/h7,10-11,14-15,17,24,27-28,30-32H,6,8-9,12-13,16,18-19H2,1-5H3,(H,35,43)/t27-,28+,30+,31+,32?,34?/m0/s1. The Morgan fingerprint density at radius 3 is 2.25 bits per heavy atom. The summed E-state index contributed by atoms with van der Waals surface area (Å²) >= 11 is 0.942. The number of carbonyl (C=O) groups is 6. The van der Waals surface area contributed by atoms with E-state index in [0.29, 0.717) is 4.90 Å². The smallest absolute Gasteiger partial charge is 0.349 e. The first kappa shape index (κ1) is 39.3. The molecule has 1 aliphatic heterocycles. The van der Waals surface area contributed by atoms with Crippen molar-refractivity contribution in [2.45, 2.75) is 119 Å². The van der Waals surface area contributed by atoms with Crippen LogP contribution >= 0.6 is 11.8 Å². The molecular formula is C34H44N4O12S. The van der Waals surface area contributed by atoms with Gasteiger partial charge in [-0.05, 0) is 25.0 Å². The number of nitrogens with zero attached hydrogens (tertiary/aromatic N) is 3. The third-order valence-electron chi connectivity index (χ3n) is 8.36. The second-order valence-electron chi connectivity index (χ2n) is 12.4. The Morgan fingerprint density at radius 1 is 0.961 bits per heavy atom. The van der Waals surface area contributed by atoms with Gasteiger partial charge in [0.1, 0.15) is 25.4 Å². The molecule has 1 aliphatic carbocycles. The molecular weight excluding hydrogens is 688 g/mol. The largest absolute Gasteiger partial charge is 0.466 e. The van der Waals surface area contributed by atoms with Gasteiger partial charge in [0, 0.05) is 51.1 Å². The van der Waals surface area contributed by atoms with Crippen LogP contribution in [0.2, 0.25) is 0 Å². The Labute approximate surface area is 299 Å². The second-order valence-corrected chi connectivity index (χ2v) is 13.7. The number of methoxy groups -OCH3 is 1. The Kier molecular flexibility index (Phi) is 14.0. The molecule has 17 heteroatoms. The first-order valence-electron chi connectivity index (χ1n) is 16.6. The number of carbonyl (C=O) groups excluding carboxylic acids is 6. The number of esters is 5. The minimum absolute atomic E-state index is 0.244. The monoisotopic (exact) mass is 732 g/mol. The van der Waals surface area contributed by atoms with Crippen LogP contribution < -0.4 is 5.32 Å². The van der Waals surface area contributed by atoms with Gasteiger partial charge in [-0.2, -0.15) is 0 Å². The normalized spacial score (nSPS) is 23.2. The molecule has 0 bridgehead atoms. The number of benzene rings is 1. The fourth-order valence-corrected chi connectivity index (χ4v) is 7.55. The lowest BCUT2D eigenvalue weighted by atomic mass is 9.87. The highest BCUT2D eigenvalue weighted by Gasteiger charge is 2.59. The molecule has 6 atom stereocenters. The molecule has 0 radical (unpaired) electrons. The molecule has 2 fully saturated rings. The van der Waals surface area contributed by atoms with E-state index in [1.165, 1.54) is 4.68 Å². The maximum atomic E-state index is 13.7. The lowest BCUT2D eigenvalue weighted by Crippen LogP contribution is -2.68. The molecule has 1 amide bonds. The Morgan fingerprint density at radius 2 is 1.65 bits per heavy atom. The number of rotatable bonds is 14. The van der Waals surface area contributed by atoms with Gasteiger partial charge in [0.15, 0.2) is 12.2 Å². The summed E-state index contributed by atoms with van der Waals surface area (Å²) in [5, 5.41) is 11.2. The molecule has 51 heavy (non-hydrogen) atoms. The molecule has 2 aromatic rings. The number of hydrogen-bond donors (Lipinski definition) is 1. The van der Waals surface area contributed by atoms with Crippen molar-refractivity contribution in [3.05, 3.63) is 42.2 Å². The van der Waals surface area contributed by atoms with Crippen molar-refractivity contribution in [3.8, 4) is 0 Å². The maximum Gasteiger partial charge on any atom is 0.349 e. The van der Waals surface area contributed by atoms with Gasteiger partial charge >= 0.3 is 29.8 Å². The van der Waals surface area contributed by atoms with Gasteiger partial charge < -0.3 is 33.7 Å². The van der Waals surface area contributed by atoms with Crippen LogP contribution in [-0.4, -0.2) is 99.9 Å². The summed E-state index contributed by atoms with van der Waals surface area (Å²) in [7, 11) is 1.15. The van der Waals surface area contributed by atoms with Gasteiger partial charge in [-0.25, -0.2) is 9.48 Å². The molecule has 0 spiro atoms. The fourth-order valence-electron chi connectivity index (χ4n) is 6.30. The minimum atomic E-state index is -1.95. The summed E-state index contributed by atoms with van der Waals surface area (Å²) in [6, 6.07) is 7.36. The number of amides is 1. The summed E-state index contributed by atoms with van der Waals surface area (Å²) < 4.78 is 35.2. The van der Waals surface area contributed by atoms with E-state index in [1.807, 2.05) is 0 Å². The lowest BCUT2D eigenvalue weighted by Gasteiger charge is -2.48. The highest BCUT2D eigenvalue weighted by atomic mass is 32.2. The summed E-state index contributed by atoms with van der Waals surface area (Å²) in [5.74, 6) is -4.42. The summed E-state index contributed by atoms with van der Waals surface area (Å²) in [6.45, 7) is 3.58. The molecule has 2 heterocycles. The Hall–Kier alpha value is -4.51. The molecule has 1 aromatic carbocycles. The third kappa shape index (κ3) is 11.0. The van der Waals surface area contributed by atoms with E-state index in [0.717, 1.165) is 84.4 Å². The van der Waals surface area contributed by atoms with Crippen molar-refractivity contribution in [1.82, 2.24) is 20.3 Å². The van der Waals surface area contributed by atoms with E-state index < -0.39 is 77.8 Å². The number of nitrogens with one attached hydrogen (secondary N) is 1. The molecule has 16 nitrogen and oxygen atoms in total. The highest BCUT2D eigenvalue weighted by molar-refractivity contribution is 8.01. The first-order valence-corrected chi connectivity index (χ1v) is 17.5.